The lowest BCUT2D eigenvalue weighted by molar-refractivity contribution is -0.129. The van der Waals surface area contributed by atoms with Gasteiger partial charge in [-0.05, 0) is 6.92 Å². The van der Waals surface area contributed by atoms with Gasteiger partial charge in [0, 0.05) is 31.3 Å². The maximum atomic E-state index is 11.1. The molecule has 12 heavy (non-hydrogen) atoms. The van der Waals surface area contributed by atoms with Crippen molar-refractivity contribution in [2.75, 3.05) is 12.4 Å². The molecule has 1 saturated heterocycles. The Kier molecular flexibility index (Phi) is 3.24. The summed E-state index contributed by atoms with van der Waals surface area (Å²) in [5.74, 6) is 0.844. The van der Waals surface area contributed by atoms with Crippen molar-refractivity contribution in [3.63, 3.8) is 0 Å². The van der Waals surface area contributed by atoms with Crippen molar-refractivity contribution in [2.24, 2.45) is 5.92 Å². The summed E-state index contributed by atoms with van der Waals surface area (Å²) in [4.78, 5) is 12.9. The lowest BCUT2D eigenvalue weighted by atomic mass is 10.0. The van der Waals surface area contributed by atoms with Crippen LogP contribution >= 0.6 is 23.2 Å². The normalized spacial score (nSPS) is 35.7. The Labute approximate surface area is 82.8 Å². The molecule has 0 aromatic carbocycles. The third-order valence-corrected chi connectivity index (χ3v) is 3.35. The quantitative estimate of drug-likeness (QED) is 0.603. The first-order valence-electron chi connectivity index (χ1n) is 4.05. The van der Waals surface area contributed by atoms with E-state index in [-0.39, 0.29) is 23.2 Å². The summed E-state index contributed by atoms with van der Waals surface area (Å²) < 4.78 is 0. The van der Waals surface area contributed by atoms with Crippen LogP contribution in [0.5, 0.6) is 0 Å². The molecule has 1 rings (SSSR count). The van der Waals surface area contributed by atoms with Crippen LogP contribution in [0, 0.1) is 5.92 Å². The maximum absolute atomic E-state index is 11.1. The molecule has 0 bridgehead atoms. The first kappa shape index (κ1) is 10.1. The molecule has 0 radical (unpaired) electrons. The minimum atomic E-state index is 0.0152. The third kappa shape index (κ3) is 1.69. The number of nitrogens with zero attached hydrogens (tertiary/aromatic N) is 1. The second-order valence-corrected chi connectivity index (χ2v) is 4.12. The van der Waals surface area contributed by atoms with Crippen LogP contribution < -0.4 is 0 Å². The predicted molar refractivity (Wildman–Crippen MR) is 50.7 cm³/mol. The van der Waals surface area contributed by atoms with E-state index >= 15 is 0 Å². The van der Waals surface area contributed by atoms with Gasteiger partial charge in [-0.1, -0.05) is 0 Å². The van der Waals surface area contributed by atoms with Crippen LogP contribution in [0.1, 0.15) is 13.8 Å². The summed E-state index contributed by atoms with van der Waals surface area (Å²) in [5.41, 5.74) is 0. The van der Waals surface area contributed by atoms with E-state index in [0.29, 0.717) is 12.4 Å². The number of amides is 1. The Hall–Kier alpha value is 0.0500. The average Bonchev–Trinajstić information content (AvgIpc) is 2.27. The molecule has 70 valence electrons. The van der Waals surface area contributed by atoms with Crippen molar-refractivity contribution in [3.8, 4) is 0 Å². The van der Waals surface area contributed by atoms with Gasteiger partial charge in [0.25, 0.3) is 0 Å². The van der Waals surface area contributed by atoms with Crippen LogP contribution in [0.25, 0.3) is 0 Å². The largest absolute Gasteiger partial charge is 0.338 e. The smallest absolute Gasteiger partial charge is 0.219 e. The van der Waals surface area contributed by atoms with Crippen molar-refractivity contribution in [2.45, 2.75) is 25.3 Å². The predicted octanol–water partition coefficient (Wildman–Crippen LogP) is 1.70. The van der Waals surface area contributed by atoms with Crippen molar-refractivity contribution in [1.82, 2.24) is 4.90 Å². The van der Waals surface area contributed by atoms with Gasteiger partial charge >= 0.3 is 0 Å². The zero-order valence-corrected chi connectivity index (χ0v) is 8.77. The average molecular weight is 210 g/mol. The maximum Gasteiger partial charge on any atom is 0.219 e. The van der Waals surface area contributed by atoms with Gasteiger partial charge in [-0.3, -0.25) is 4.79 Å². The number of carbonyl (C=O) groups excluding carboxylic acids is 1. The van der Waals surface area contributed by atoms with Crippen LogP contribution in [-0.2, 0) is 4.79 Å². The summed E-state index contributed by atoms with van der Waals surface area (Å²) in [6, 6.07) is 0.183. The molecule has 0 aromatic heterocycles. The van der Waals surface area contributed by atoms with E-state index in [1.54, 1.807) is 11.8 Å². The minimum Gasteiger partial charge on any atom is -0.338 e. The summed E-state index contributed by atoms with van der Waals surface area (Å²) in [5, 5.41) is 0.0152. The van der Waals surface area contributed by atoms with Crippen LogP contribution in [0.15, 0.2) is 0 Å². The van der Waals surface area contributed by atoms with Gasteiger partial charge in [-0.25, -0.2) is 0 Å². The lowest BCUT2D eigenvalue weighted by Gasteiger charge is -2.21. The fourth-order valence-electron chi connectivity index (χ4n) is 1.66. The Morgan fingerprint density at radius 3 is 2.50 bits per heavy atom. The van der Waals surface area contributed by atoms with Crippen molar-refractivity contribution >= 4 is 29.1 Å². The number of carbonyl (C=O) groups is 1. The van der Waals surface area contributed by atoms with E-state index in [1.165, 1.54) is 0 Å². The number of rotatable bonds is 1. The highest BCUT2D eigenvalue weighted by molar-refractivity contribution is 6.23. The van der Waals surface area contributed by atoms with Crippen LogP contribution in [0.2, 0.25) is 0 Å². The SMILES string of the molecule is CC(=O)N1CC(Cl)C(CCl)C1C. The van der Waals surface area contributed by atoms with Gasteiger partial charge in [-0.15, -0.1) is 23.2 Å². The van der Waals surface area contributed by atoms with Crippen LogP contribution in [-0.4, -0.2) is 34.7 Å². The summed E-state index contributed by atoms with van der Waals surface area (Å²) in [6.45, 7) is 4.20. The molecule has 0 aliphatic carbocycles. The molecular weight excluding hydrogens is 197 g/mol. The van der Waals surface area contributed by atoms with E-state index in [0.717, 1.165) is 0 Å². The Morgan fingerprint density at radius 1 is 1.67 bits per heavy atom. The summed E-state index contributed by atoms with van der Waals surface area (Å²) >= 11 is 11.8. The topological polar surface area (TPSA) is 20.3 Å². The van der Waals surface area contributed by atoms with E-state index < -0.39 is 0 Å². The molecule has 1 amide bonds. The molecule has 3 atom stereocenters. The zero-order chi connectivity index (χ0) is 9.30. The van der Waals surface area contributed by atoms with Gasteiger partial charge in [0.1, 0.15) is 0 Å². The summed E-state index contributed by atoms with van der Waals surface area (Å²) in [6.07, 6.45) is 0. The highest BCUT2D eigenvalue weighted by Crippen LogP contribution is 2.29. The van der Waals surface area contributed by atoms with Crippen LogP contribution in [0.4, 0.5) is 0 Å². The molecule has 1 fully saturated rings. The highest BCUT2D eigenvalue weighted by atomic mass is 35.5. The molecule has 3 unspecified atom stereocenters. The van der Waals surface area contributed by atoms with E-state index in [4.69, 9.17) is 23.2 Å². The Morgan fingerprint density at radius 2 is 2.25 bits per heavy atom. The van der Waals surface area contributed by atoms with E-state index in [1.807, 2.05) is 6.92 Å². The lowest BCUT2D eigenvalue weighted by Crippen LogP contribution is -2.34. The van der Waals surface area contributed by atoms with Gasteiger partial charge in [0.2, 0.25) is 5.91 Å². The molecule has 0 saturated carbocycles. The molecule has 4 heteroatoms. The standard InChI is InChI=1S/C8H13Cl2NO/c1-5-7(3-9)8(10)4-11(5)6(2)12/h5,7-8H,3-4H2,1-2H3. The Balaban J connectivity index is 2.68. The van der Waals surface area contributed by atoms with Crippen molar-refractivity contribution < 1.29 is 4.79 Å². The van der Waals surface area contributed by atoms with Gasteiger partial charge in [0.05, 0.1) is 5.38 Å². The number of hydrogen-bond acceptors (Lipinski definition) is 1. The molecule has 2 nitrogen and oxygen atoms in total. The fourth-order valence-corrected chi connectivity index (χ4v) is 2.68. The fraction of sp³-hybridized carbons (Fsp3) is 0.875. The Bertz CT molecular complexity index is 186. The van der Waals surface area contributed by atoms with Gasteiger partial charge in [-0.2, -0.15) is 0 Å². The molecule has 1 heterocycles. The zero-order valence-electron chi connectivity index (χ0n) is 7.26. The molecule has 0 aromatic rings. The molecule has 0 N–H and O–H groups in total. The third-order valence-electron chi connectivity index (χ3n) is 2.53. The summed E-state index contributed by atoms with van der Waals surface area (Å²) in [7, 11) is 0. The van der Waals surface area contributed by atoms with Gasteiger partial charge in [0.15, 0.2) is 0 Å². The second-order valence-electron chi connectivity index (χ2n) is 3.25. The first-order valence-corrected chi connectivity index (χ1v) is 5.02. The minimum absolute atomic E-state index is 0.0152. The van der Waals surface area contributed by atoms with Gasteiger partial charge < -0.3 is 4.90 Å². The molecule has 0 spiro atoms. The number of alkyl halides is 2. The van der Waals surface area contributed by atoms with Crippen molar-refractivity contribution in [3.05, 3.63) is 0 Å². The van der Waals surface area contributed by atoms with Crippen molar-refractivity contribution in [1.29, 1.82) is 0 Å². The van der Waals surface area contributed by atoms with E-state index in [9.17, 15) is 4.79 Å². The van der Waals surface area contributed by atoms with E-state index in [2.05, 4.69) is 0 Å². The molecule has 1 aliphatic heterocycles. The monoisotopic (exact) mass is 209 g/mol. The van der Waals surface area contributed by atoms with Crippen LogP contribution in [0.3, 0.4) is 0 Å². The second kappa shape index (κ2) is 3.84. The first-order chi connectivity index (χ1) is 5.57. The number of likely N-dealkylation sites (tertiary alicyclic amines) is 1. The molecule has 1 aliphatic rings. The highest BCUT2D eigenvalue weighted by Gasteiger charge is 2.38. The number of hydrogen-bond donors (Lipinski definition) is 0. The number of halogens is 2. The molecular formula is C8H13Cl2NO.